The van der Waals surface area contributed by atoms with Crippen LogP contribution in [0.5, 0.6) is 0 Å². The number of nitrogens with zero attached hydrogens (tertiary/aromatic N) is 3. The second-order valence-corrected chi connectivity index (χ2v) is 5.10. The average Bonchev–Trinajstić information content (AvgIpc) is 2.91. The predicted molar refractivity (Wildman–Crippen MR) is 82.6 cm³/mol. The minimum absolute atomic E-state index is 0.0713. The number of imidazole rings is 1. The molecule has 0 aliphatic rings. The van der Waals surface area contributed by atoms with E-state index in [2.05, 4.69) is 4.98 Å². The van der Waals surface area contributed by atoms with Gasteiger partial charge in [0.2, 0.25) is 5.91 Å². The van der Waals surface area contributed by atoms with Gasteiger partial charge in [0.15, 0.2) is 0 Å². The van der Waals surface area contributed by atoms with Crippen LogP contribution in [0.4, 0.5) is 0 Å². The van der Waals surface area contributed by atoms with Crippen molar-refractivity contribution in [2.45, 2.75) is 13.1 Å². The molecule has 0 aliphatic carbocycles. The molecule has 0 fully saturated rings. The van der Waals surface area contributed by atoms with E-state index in [0.29, 0.717) is 13.1 Å². The molecule has 0 N–H and O–H groups in total. The van der Waals surface area contributed by atoms with E-state index >= 15 is 0 Å². The zero-order valence-electron chi connectivity index (χ0n) is 11.9. The molecule has 1 amide bonds. The Kier molecular flexibility index (Phi) is 3.69. The number of likely N-dealkylation sites (N-methyl/N-ethyl adjacent to an activating group) is 1. The number of carbonyl (C=O) groups is 1. The standard InChI is InChI=1S/C17H17N3O/c1-19(11-14-7-3-2-4-8-14)17(21)12-20-13-18-15-9-5-6-10-16(15)20/h2-10,13H,11-12H2,1H3. The summed E-state index contributed by atoms with van der Waals surface area (Å²) in [6.45, 7) is 0.927. The minimum Gasteiger partial charge on any atom is -0.340 e. The van der Waals surface area contributed by atoms with Crippen molar-refractivity contribution in [3.63, 3.8) is 0 Å². The maximum absolute atomic E-state index is 12.3. The first kappa shape index (κ1) is 13.4. The first-order valence-electron chi connectivity index (χ1n) is 6.92. The number of hydrogen-bond acceptors (Lipinski definition) is 2. The summed E-state index contributed by atoms with van der Waals surface area (Å²) in [6, 6.07) is 17.8. The summed E-state index contributed by atoms with van der Waals surface area (Å²) < 4.78 is 1.89. The summed E-state index contributed by atoms with van der Waals surface area (Å²) in [6.07, 6.45) is 1.72. The number of hydrogen-bond donors (Lipinski definition) is 0. The van der Waals surface area contributed by atoms with Crippen LogP contribution in [-0.4, -0.2) is 27.4 Å². The van der Waals surface area contributed by atoms with Crippen molar-refractivity contribution >= 4 is 16.9 Å². The van der Waals surface area contributed by atoms with Gasteiger partial charge in [0.25, 0.3) is 0 Å². The molecule has 0 unspecified atom stereocenters. The van der Waals surface area contributed by atoms with E-state index in [1.807, 2.05) is 66.2 Å². The molecule has 106 valence electrons. The molecule has 21 heavy (non-hydrogen) atoms. The van der Waals surface area contributed by atoms with E-state index in [1.165, 1.54) is 0 Å². The highest BCUT2D eigenvalue weighted by Crippen LogP contribution is 2.12. The molecule has 0 spiro atoms. The van der Waals surface area contributed by atoms with Crippen LogP contribution >= 0.6 is 0 Å². The Balaban J connectivity index is 1.71. The summed E-state index contributed by atoms with van der Waals surface area (Å²) in [5.41, 5.74) is 3.03. The summed E-state index contributed by atoms with van der Waals surface area (Å²) in [5.74, 6) is 0.0713. The fourth-order valence-electron chi connectivity index (χ4n) is 2.35. The maximum atomic E-state index is 12.3. The lowest BCUT2D eigenvalue weighted by atomic mass is 10.2. The van der Waals surface area contributed by atoms with Crippen molar-refractivity contribution in [1.82, 2.24) is 14.5 Å². The van der Waals surface area contributed by atoms with Crippen LogP contribution in [0.15, 0.2) is 60.9 Å². The third-order valence-corrected chi connectivity index (χ3v) is 3.52. The van der Waals surface area contributed by atoms with Crippen molar-refractivity contribution in [2.24, 2.45) is 0 Å². The average molecular weight is 279 g/mol. The Labute approximate surface area is 123 Å². The fourth-order valence-corrected chi connectivity index (χ4v) is 2.35. The van der Waals surface area contributed by atoms with Gasteiger partial charge in [-0.2, -0.15) is 0 Å². The summed E-state index contributed by atoms with van der Waals surface area (Å²) in [7, 11) is 1.83. The lowest BCUT2D eigenvalue weighted by molar-refractivity contribution is -0.131. The molecule has 0 bridgehead atoms. The first-order valence-corrected chi connectivity index (χ1v) is 6.92. The molecule has 0 aliphatic heterocycles. The van der Waals surface area contributed by atoms with Gasteiger partial charge >= 0.3 is 0 Å². The molecule has 0 saturated heterocycles. The molecule has 1 aromatic heterocycles. The lowest BCUT2D eigenvalue weighted by Gasteiger charge is -2.17. The quantitative estimate of drug-likeness (QED) is 0.736. The van der Waals surface area contributed by atoms with Crippen molar-refractivity contribution in [3.05, 3.63) is 66.5 Å². The fraction of sp³-hybridized carbons (Fsp3) is 0.176. The monoisotopic (exact) mass is 279 g/mol. The Morgan fingerprint density at radius 3 is 2.62 bits per heavy atom. The van der Waals surface area contributed by atoms with E-state index in [9.17, 15) is 4.79 Å². The number of para-hydroxylation sites is 2. The predicted octanol–water partition coefficient (Wildman–Crippen LogP) is 2.69. The zero-order valence-corrected chi connectivity index (χ0v) is 11.9. The van der Waals surface area contributed by atoms with Gasteiger partial charge in [0.1, 0.15) is 6.54 Å². The van der Waals surface area contributed by atoms with E-state index in [-0.39, 0.29) is 5.91 Å². The van der Waals surface area contributed by atoms with Gasteiger partial charge in [-0.25, -0.2) is 4.98 Å². The van der Waals surface area contributed by atoms with E-state index < -0.39 is 0 Å². The van der Waals surface area contributed by atoms with Gasteiger partial charge in [-0.05, 0) is 17.7 Å². The molecule has 3 aromatic rings. The Hall–Kier alpha value is -2.62. The van der Waals surface area contributed by atoms with Crippen molar-refractivity contribution in [3.8, 4) is 0 Å². The molecule has 0 atom stereocenters. The van der Waals surface area contributed by atoms with Crippen molar-refractivity contribution < 1.29 is 4.79 Å². The van der Waals surface area contributed by atoms with E-state index in [4.69, 9.17) is 0 Å². The molecular formula is C17H17N3O. The minimum atomic E-state index is 0.0713. The lowest BCUT2D eigenvalue weighted by Crippen LogP contribution is -2.29. The number of carbonyl (C=O) groups excluding carboxylic acids is 1. The van der Waals surface area contributed by atoms with E-state index in [1.54, 1.807) is 11.2 Å². The Morgan fingerprint density at radius 2 is 1.81 bits per heavy atom. The number of rotatable bonds is 4. The maximum Gasteiger partial charge on any atom is 0.242 e. The van der Waals surface area contributed by atoms with Gasteiger partial charge < -0.3 is 9.47 Å². The molecule has 1 heterocycles. The molecule has 2 aromatic carbocycles. The number of aromatic nitrogens is 2. The second-order valence-electron chi connectivity index (χ2n) is 5.10. The van der Waals surface area contributed by atoms with Gasteiger partial charge in [0, 0.05) is 13.6 Å². The smallest absolute Gasteiger partial charge is 0.242 e. The van der Waals surface area contributed by atoms with E-state index in [0.717, 1.165) is 16.6 Å². The van der Waals surface area contributed by atoms with Crippen LogP contribution in [0.2, 0.25) is 0 Å². The topological polar surface area (TPSA) is 38.1 Å². The Bertz CT molecular complexity index is 749. The van der Waals surface area contributed by atoms with Crippen LogP contribution in [-0.2, 0) is 17.9 Å². The van der Waals surface area contributed by atoms with Crippen LogP contribution in [0.25, 0.3) is 11.0 Å². The Morgan fingerprint density at radius 1 is 1.10 bits per heavy atom. The highest BCUT2D eigenvalue weighted by molar-refractivity contribution is 5.80. The normalized spacial score (nSPS) is 10.7. The van der Waals surface area contributed by atoms with Crippen LogP contribution in [0.3, 0.4) is 0 Å². The van der Waals surface area contributed by atoms with Crippen molar-refractivity contribution in [1.29, 1.82) is 0 Å². The largest absolute Gasteiger partial charge is 0.340 e. The summed E-state index contributed by atoms with van der Waals surface area (Å²) >= 11 is 0. The molecule has 3 rings (SSSR count). The van der Waals surface area contributed by atoms with Gasteiger partial charge in [-0.3, -0.25) is 4.79 Å². The first-order chi connectivity index (χ1) is 10.2. The molecule has 4 heteroatoms. The summed E-state index contributed by atoms with van der Waals surface area (Å²) in [4.78, 5) is 18.4. The summed E-state index contributed by atoms with van der Waals surface area (Å²) in [5, 5.41) is 0. The SMILES string of the molecule is CN(Cc1ccccc1)C(=O)Cn1cnc2ccccc21. The van der Waals surface area contributed by atoms with Gasteiger partial charge in [-0.1, -0.05) is 42.5 Å². The third kappa shape index (κ3) is 2.94. The molecule has 0 radical (unpaired) electrons. The zero-order chi connectivity index (χ0) is 14.7. The number of amides is 1. The van der Waals surface area contributed by atoms with Crippen LogP contribution < -0.4 is 0 Å². The van der Waals surface area contributed by atoms with Crippen molar-refractivity contribution in [2.75, 3.05) is 7.05 Å². The number of fused-ring (bicyclic) bond motifs is 1. The van der Waals surface area contributed by atoms with Gasteiger partial charge in [0.05, 0.1) is 17.4 Å². The second kappa shape index (κ2) is 5.79. The highest BCUT2D eigenvalue weighted by atomic mass is 16.2. The molecule has 4 nitrogen and oxygen atoms in total. The van der Waals surface area contributed by atoms with Crippen LogP contribution in [0, 0.1) is 0 Å². The van der Waals surface area contributed by atoms with Gasteiger partial charge in [-0.15, -0.1) is 0 Å². The highest BCUT2D eigenvalue weighted by Gasteiger charge is 2.11. The number of benzene rings is 2. The van der Waals surface area contributed by atoms with Crippen LogP contribution in [0.1, 0.15) is 5.56 Å². The third-order valence-electron chi connectivity index (χ3n) is 3.52. The molecule has 0 saturated carbocycles. The molecular weight excluding hydrogens is 262 g/mol.